The number of anilines is 1. The lowest BCUT2D eigenvalue weighted by molar-refractivity contribution is 0.0929. The largest absolute Gasteiger partial charge is 0.493 e. The Morgan fingerprint density at radius 3 is 2.26 bits per heavy atom. The Labute approximate surface area is 206 Å². The van der Waals surface area contributed by atoms with Crippen molar-refractivity contribution in [3.05, 3.63) is 89.5 Å². The Morgan fingerprint density at radius 2 is 1.54 bits per heavy atom. The van der Waals surface area contributed by atoms with Gasteiger partial charge in [-0.2, -0.15) is 0 Å². The van der Waals surface area contributed by atoms with Gasteiger partial charge >= 0.3 is 0 Å². The van der Waals surface area contributed by atoms with Crippen LogP contribution >= 0.6 is 0 Å². The van der Waals surface area contributed by atoms with Crippen molar-refractivity contribution in [2.24, 2.45) is 0 Å². The maximum Gasteiger partial charge on any atom is 0.253 e. The Hall–Kier alpha value is -4.00. The second-order valence-corrected chi connectivity index (χ2v) is 8.49. The molecule has 7 heteroatoms. The molecular formula is C28H31N3O4. The van der Waals surface area contributed by atoms with Gasteiger partial charge in [0.1, 0.15) is 0 Å². The predicted molar refractivity (Wildman–Crippen MR) is 136 cm³/mol. The van der Waals surface area contributed by atoms with Gasteiger partial charge in [-0.1, -0.05) is 42.5 Å². The summed E-state index contributed by atoms with van der Waals surface area (Å²) in [7, 11) is 3.12. The number of carbonyl (C=O) groups is 2. The number of hydrogen-bond acceptors (Lipinski definition) is 5. The fourth-order valence-corrected chi connectivity index (χ4v) is 4.33. The molecule has 0 unspecified atom stereocenters. The third-order valence-corrected chi connectivity index (χ3v) is 6.26. The van der Waals surface area contributed by atoms with Crippen LogP contribution in [0.15, 0.2) is 72.8 Å². The smallest absolute Gasteiger partial charge is 0.253 e. The number of benzene rings is 3. The van der Waals surface area contributed by atoms with Crippen molar-refractivity contribution in [3.63, 3.8) is 0 Å². The fraction of sp³-hybridized carbons (Fsp3) is 0.286. The van der Waals surface area contributed by atoms with Crippen LogP contribution in [0.5, 0.6) is 11.5 Å². The molecule has 3 aromatic rings. The SMILES string of the molecule is COc1ccc(C(=O)NC2CCN(c3ccccc3C(=O)NCc3ccccc3)CC2)cc1OC. The van der Waals surface area contributed by atoms with Gasteiger partial charge in [-0.3, -0.25) is 9.59 Å². The minimum Gasteiger partial charge on any atom is -0.493 e. The van der Waals surface area contributed by atoms with Crippen molar-refractivity contribution < 1.29 is 19.1 Å². The summed E-state index contributed by atoms with van der Waals surface area (Å²) < 4.78 is 10.6. The molecule has 182 valence electrons. The van der Waals surface area contributed by atoms with E-state index in [9.17, 15) is 9.59 Å². The van der Waals surface area contributed by atoms with E-state index in [1.807, 2.05) is 54.6 Å². The van der Waals surface area contributed by atoms with Crippen molar-refractivity contribution in [2.75, 3.05) is 32.2 Å². The topological polar surface area (TPSA) is 79.9 Å². The van der Waals surface area contributed by atoms with Gasteiger partial charge in [0.2, 0.25) is 0 Å². The lowest BCUT2D eigenvalue weighted by Crippen LogP contribution is -2.45. The molecule has 0 spiro atoms. The number of piperidine rings is 1. The highest BCUT2D eigenvalue weighted by Crippen LogP contribution is 2.28. The van der Waals surface area contributed by atoms with E-state index in [0.717, 1.165) is 37.2 Å². The minimum absolute atomic E-state index is 0.0610. The maximum atomic E-state index is 12.9. The molecule has 2 amide bonds. The number of nitrogens with one attached hydrogen (secondary N) is 2. The Morgan fingerprint density at radius 1 is 0.857 bits per heavy atom. The number of rotatable bonds is 8. The van der Waals surface area contributed by atoms with Crippen molar-refractivity contribution >= 4 is 17.5 Å². The van der Waals surface area contributed by atoms with Crippen LogP contribution in [0.2, 0.25) is 0 Å². The predicted octanol–water partition coefficient (Wildman–Crippen LogP) is 4.03. The molecule has 4 rings (SSSR count). The Bertz CT molecular complexity index is 1160. The summed E-state index contributed by atoms with van der Waals surface area (Å²) >= 11 is 0. The monoisotopic (exact) mass is 473 g/mol. The molecule has 35 heavy (non-hydrogen) atoms. The molecule has 3 aromatic carbocycles. The average molecular weight is 474 g/mol. The molecule has 1 saturated heterocycles. The first kappa shape index (κ1) is 24.1. The van der Waals surface area contributed by atoms with Crippen molar-refractivity contribution in [2.45, 2.75) is 25.4 Å². The van der Waals surface area contributed by atoms with Crippen LogP contribution in [0.4, 0.5) is 5.69 Å². The minimum atomic E-state index is -0.134. The van der Waals surface area contributed by atoms with Gasteiger partial charge in [0.05, 0.1) is 19.8 Å². The molecule has 7 nitrogen and oxygen atoms in total. The van der Waals surface area contributed by atoms with Crippen molar-refractivity contribution in [1.82, 2.24) is 10.6 Å². The normalized spacial score (nSPS) is 13.7. The number of para-hydroxylation sites is 1. The molecule has 1 aliphatic rings. The Kier molecular flexibility index (Phi) is 7.88. The Balaban J connectivity index is 1.35. The molecule has 0 aromatic heterocycles. The first-order valence-corrected chi connectivity index (χ1v) is 11.8. The molecule has 1 heterocycles. The van der Waals surface area contributed by atoms with Gasteiger partial charge in [-0.15, -0.1) is 0 Å². The highest BCUT2D eigenvalue weighted by atomic mass is 16.5. The van der Waals surface area contributed by atoms with Gasteiger partial charge in [0.25, 0.3) is 11.8 Å². The number of methoxy groups -OCH3 is 2. The van der Waals surface area contributed by atoms with Gasteiger partial charge < -0.3 is 25.0 Å². The van der Waals surface area contributed by atoms with E-state index in [4.69, 9.17) is 9.47 Å². The van der Waals surface area contributed by atoms with Crippen LogP contribution in [0.1, 0.15) is 39.1 Å². The van der Waals surface area contributed by atoms with E-state index in [1.165, 1.54) is 0 Å². The summed E-state index contributed by atoms with van der Waals surface area (Å²) in [6, 6.07) is 22.8. The second-order valence-electron chi connectivity index (χ2n) is 8.49. The molecule has 0 saturated carbocycles. The molecule has 0 atom stereocenters. The van der Waals surface area contributed by atoms with Crippen LogP contribution in [-0.4, -0.2) is 45.2 Å². The summed E-state index contributed by atoms with van der Waals surface area (Å²) in [6.45, 7) is 1.98. The molecular weight excluding hydrogens is 442 g/mol. The van der Waals surface area contributed by atoms with Crippen LogP contribution in [0.25, 0.3) is 0 Å². The van der Waals surface area contributed by atoms with Crippen molar-refractivity contribution in [3.8, 4) is 11.5 Å². The summed E-state index contributed by atoms with van der Waals surface area (Å²) in [4.78, 5) is 27.9. The highest BCUT2D eigenvalue weighted by Gasteiger charge is 2.24. The molecule has 2 N–H and O–H groups in total. The van der Waals surface area contributed by atoms with E-state index >= 15 is 0 Å². The molecule has 0 aliphatic carbocycles. The second kappa shape index (κ2) is 11.4. The lowest BCUT2D eigenvalue weighted by Gasteiger charge is -2.35. The first-order valence-electron chi connectivity index (χ1n) is 11.8. The standard InChI is InChI=1S/C28H31N3O4/c1-34-25-13-12-21(18-26(25)35-2)27(32)30-22-14-16-31(17-15-22)24-11-7-6-10-23(24)28(33)29-19-20-8-4-3-5-9-20/h3-13,18,22H,14-17,19H2,1-2H3,(H,29,33)(H,30,32). The van der Waals surface area contributed by atoms with Gasteiger partial charge in [-0.05, 0) is 48.7 Å². The highest BCUT2D eigenvalue weighted by molar-refractivity contribution is 6.00. The van der Waals surface area contributed by atoms with Gasteiger partial charge in [0, 0.05) is 36.9 Å². The summed E-state index contributed by atoms with van der Waals surface area (Å²) in [5.41, 5.74) is 3.17. The van der Waals surface area contributed by atoms with E-state index in [1.54, 1.807) is 32.4 Å². The van der Waals surface area contributed by atoms with Crippen LogP contribution in [0, 0.1) is 0 Å². The van der Waals surface area contributed by atoms with Gasteiger partial charge in [0.15, 0.2) is 11.5 Å². The number of carbonyl (C=O) groups excluding carboxylic acids is 2. The third kappa shape index (κ3) is 5.93. The molecule has 0 radical (unpaired) electrons. The van der Waals surface area contributed by atoms with Crippen LogP contribution in [0.3, 0.4) is 0 Å². The van der Waals surface area contributed by atoms with E-state index in [-0.39, 0.29) is 17.9 Å². The van der Waals surface area contributed by atoms with E-state index in [2.05, 4.69) is 15.5 Å². The number of amides is 2. The quantitative estimate of drug-likeness (QED) is 0.516. The zero-order valence-electron chi connectivity index (χ0n) is 20.1. The van der Waals surface area contributed by atoms with E-state index in [0.29, 0.717) is 29.2 Å². The lowest BCUT2D eigenvalue weighted by atomic mass is 10.0. The zero-order valence-corrected chi connectivity index (χ0v) is 20.1. The third-order valence-electron chi connectivity index (χ3n) is 6.26. The number of nitrogens with zero attached hydrogens (tertiary/aromatic N) is 1. The summed E-state index contributed by atoms with van der Waals surface area (Å²) in [5.74, 6) is 0.888. The molecule has 1 aliphatic heterocycles. The zero-order chi connectivity index (χ0) is 24.6. The van der Waals surface area contributed by atoms with Gasteiger partial charge in [-0.25, -0.2) is 0 Å². The molecule has 0 bridgehead atoms. The maximum absolute atomic E-state index is 12.9. The van der Waals surface area contributed by atoms with Crippen LogP contribution in [-0.2, 0) is 6.54 Å². The van der Waals surface area contributed by atoms with E-state index < -0.39 is 0 Å². The number of ether oxygens (including phenoxy) is 2. The fourth-order valence-electron chi connectivity index (χ4n) is 4.33. The summed E-state index contributed by atoms with van der Waals surface area (Å²) in [6.07, 6.45) is 1.58. The first-order chi connectivity index (χ1) is 17.1. The summed E-state index contributed by atoms with van der Waals surface area (Å²) in [5, 5.41) is 6.15. The van der Waals surface area contributed by atoms with Crippen molar-refractivity contribution in [1.29, 1.82) is 0 Å². The molecule has 1 fully saturated rings. The van der Waals surface area contributed by atoms with Crippen LogP contribution < -0.4 is 25.0 Å². The number of hydrogen-bond donors (Lipinski definition) is 2. The average Bonchev–Trinajstić information content (AvgIpc) is 2.92.